The summed E-state index contributed by atoms with van der Waals surface area (Å²) in [5, 5.41) is 0. The number of hydrogen-bond donors (Lipinski definition) is 0. The summed E-state index contributed by atoms with van der Waals surface area (Å²) in [5.41, 5.74) is 1.20. The van der Waals surface area contributed by atoms with Crippen LogP contribution >= 0.6 is 0 Å². The Morgan fingerprint density at radius 1 is 1.03 bits per heavy atom. The molecule has 0 bridgehead atoms. The topological polar surface area (TPSA) is 49.9 Å². The van der Waals surface area contributed by atoms with Gasteiger partial charge < -0.3 is 14.5 Å². The van der Waals surface area contributed by atoms with Gasteiger partial charge in [-0.15, -0.1) is 13.2 Å². The molecule has 2 aliphatic rings. The molecule has 2 heterocycles. The van der Waals surface area contributed by atoms with Crippen LogP contribution < -0.4 is 9.64 Å². The number of alkyl halides is 3. The summed E-state index contributed by atoms with van der Waals surface area (Å²) in [6, 6.07) is 10.9. The van der Waals surface area contributed by atoms with Gasteiger partial charge in [-0.1, -0.05) is 12.1 Å². The lowest BCUT2D eigenvalue weighted by Crippen LogP contribution is -2.45. The fraction of sp³-hybridized carbons (Fsp3) is 0.364. The molecule has 2 aromatic rings. The molecule has 2 fully saturated rings. The summed E-state index contributed by atoms with van der Waals surface area (Å²) in [7, 11) is 0. The van der Waals surface area contributed by atoms with Crippen LogP contribution in [0.15, 0.2) is 48.5 Å². The minimum Gasteiger partial charge on any atom is -0.406 e. The Bertz CT molecular complexity index is 960. The first-order valence-electron chi connectivity index (χ1n) is 9.89. The number of ether oxygens (including phenoxy) is 1. The number of benzene rings is 2. The largest absolute Gasteiger partial charge is 0.573 e. The number of nitrogens with zero attached hydrogens (tertiary/aromatic N) is 2. The fourth-order valence-electron chi connectivity index (χ4n) is 4.23. The molecule has 31 heavy (non-hydrogen) atoms. The number of rotatable bonds is 4. The van der Waals surface area contributed by atoms with E-state index in [0.29, 0.717) is 37.3 Å². The number of halogens is 4. The molecular formula is C22H20F4N2O3. The lowest BCUT2D eigenvalue weighted by Gasteiger charge is -2.33. The zero-order valence-electron chi connectivity index (χ0n) is 16.4. The van der Waals surface area contributed by atoms with Crippen LogP contribution in [-0.4, -0.2) is 42.7 Å². The van der Waals surface area contributed by atoms with E-state index in [0.717, 1.165) is 0 Å². The van der Waals surface area contributed by atoms with E-state index in [2.05, 4.69) is 4.74 Å². The van der Waals surface area contributed by atoms with Crippen molar-refractivity contribution in [1.82, 2.24) is 4.90 Å². The van der Waals surface area contributed by atoms with Gasteiger partial charge in [0.1, 0.15) is 11.6 Å². The maximum atomic E-state index is 13.0. The fourth-order valence-corrected chi connectivity index (χ4v) is 4.23. The van der Waals surface area contributed by atoms with Crippen molar-refractivity contribution in [3.05, 3.63) is 59.9 Å². The van der Waals surface area contributed by atoms with Crippen molar-refractivity contribution in [3.63, 3.8) is 0 Å². The number of carbonyl (C=O) groups excluding carboxylic acids is 2. The third-order valence-corrected chi connectivity index (χ3v) is 5.75. The lowest BCUT2D eigenvalue weighted by molar-refractivity contribution is -0.274. The number of piperidine rings is 1. The molecule has 2 aliphatic heterocycles. The molecule has 2 atom stereocenters. The molecule has 5 nitrogen and oxygen atoms in total. The first-order valence-corrected chi connectivity index (χ1v) is 9.89. The van der Waals surface area contributed by atoms with E-state index in [1.807, 2.05) is 0 Å². The molecule has 164 valence electrons. The summed E-state index contributed by atoms with van der Waals surface area (Å²) >= 11 is 0. The predicted molar refractivity (Wildman–Crippen MR) is 104 cm³/mol. The average Bonchev–Trinajstić information content (AvgIpc) is 3.15. The van der Waals surface area contributed by atoms with Crippen LogP contribution in [-0.2, 0) is 16.0 Å². The summed E-state index contributed by atoms with van der Waals surface area (Å²) in [6.45, 7) is 1.22. The second-order valence-corrected chi connectivity index (χ2v) is 7.79. The van der Waals surface area contributed by atoms with Crippen LogP contribution in [0.4, 0.5) is 23.2 Å². The highest BCUT2D eigenvalue weighted by Crippen LogP contribution is 2.35. The third kappa shape index (κ3) is 4.81. The summed E-state index contributed by atoms with van der Waals surface area (Å²) < 4.78 is 53.9. The van der Waals surface area contributed by atoms with E-state index in [1.165, 1.54) is 36.4 Å². The number of anilines is 1. The van der Waals surface area contributed by atoms with E-state index < -0.39 is 6.36 Å². The molecule has 2 saturated heterocycles. The van der Waals surface area contributed by atoms with Crippen molar-refractivity contribution < 1.29 is 31.9 Å². The van der Waals surface area contributed by atoms with Gasteiger partial charge >= 0.3 is 6.36 Å². The summed E-state index contributed by atoms with van der Waals surface area (Å²) in [5.74, 6) is -1.28. The second-order valence-electron chi connectivity index (χ2n) is 7.79. The number of carbonyl (C=O) groups is 2. The molecule has 0 radical (unpaired) electrons. The van der Waals surface area contributed by atoms with Crippen molar-refractivity contribution in [2.24, 2.45) is 11.8 Å². The molecule has 0 saturated carbocycles. The van der Waals surface area contributed by atoms with Gasteiger partial charge in [-0.05, 0) is 54.3 Å². The first-order chi connectivity index (χ1) is 14.7. The van der Waals surface area contributed by atoms with Gasteiger partial charge in [0.15, 0.2) is 0 Å². The zero-order chi connectivity index (χ0) is 22.2. The highest BCUT2D eigenvalue weighted by Gasteiger charge is 2.44. The van der Waals surface area contributed by atoms with Crippen molar-refractivity contribution in [2.45, 2.75) is 19.2 Å². The van der Waals surface area contributed by atoms with Gasteiger partial charge in [-0.25, -0.2) is 4.39 Å². The molecule has 0 aliphatic carbocycles. The molecule has 2 aromatic carbocycles. The Balaban J connectivity index is 1.40. The second kappa shape index (κ2) is 8.20. The smallest absolute Gasteiger partial charge is 0.406 e. The van der Waals surface area contributed by atoms with Crippen LogP contribution in [0.3, 0.4) is 0 Å². The van der Waals surface area contributed by atoms with Crippen molar-refractivity contribution >= 4 is 17.5 Å². The van der Waals surface area contributed by atoms with E-state index in [9.17, 15) is 27.2 Å². The van der Waals surface area contributed by atoms with Crippen molar-refractivity contribution in [3.8, 4) is 5.75 Å². The highest BCUT2D eigenvalue weighted by molar-refractivity contribution is 5.97. The lowest BCUT2D eigenvalue weighted by atomic mass is 9.87. The molecule has 0 N–H and O–H groups in total. The molecule has 0 aromatic heterocycles. The van der Waals surface area contributed by atoms with Crippen LogP contribution in [0.25, 0.3) is 0 Å². The first kappa shape index (κ1) is 21.1. The maximum absolute atomic E-state index is 13.0. The van der Waals surface area contributed by atoms with Crippen LogP contribution in [0.1, 0.15) is 12.0 Å². The number of amides is 2. The minimum absolute atomic E-state index is 0.0498. The quantitative estimate of drug-likeness (QED) is 0.686. The van der Waals surface area contributed by atoms with Gasteiger partial charge in [0.2, 0.25) is 11.8 Å². The Kier molecular flexibility index (Phi) is 5.60. The Hall–Kier alpha value is -3.10. The van der Waals surface area contributed by atoms with Gasteiger partial charge in [-0.3, -0.25) is 9.59 Å². The average molecular weight is 436 g/mol. The molecule has 0 unspecified atom stereocenters. The SMILES string of the molecule is O=C(Cc1ccc(F)cc1)N1C[C@@H]2CCN(c3ccc(OC(F)(F)F)cc3)C(=O)[C@@H]2C1. The van der Waals surface area contributed by atoms with Crippen LogP contribution in [0.5, 0.6) is 5.75 Å². The maximum Gasteiger partial charge on any atom is 0.573 e. The normalized spacial score (nSPS) is 21.2. The van der Waals surface area contributed by atoms with Gasteiger partial charge in [0.05, 0.1) is 12.3 Å². The number of likely N-dealkylation sites (tertiary alicyclic amines) is 1. The molecule has 9 heteroatoms. The van der Waals surface area contributed by atoms with E-state index in [1.54, 1.807) is 21.9 Å². The summed E-state index contributed by atoms with van der Waals surface area (Å²) in [4.78, 5) is 28.9. The number of fused-ring (bicyclic) bond motifs is 1. The van der Waals surface area contributed by atoms with E-state index in [-0.39, 0.29) is 41.6 Å². The Morgan fingerprint density at radius 2 is 1.71 bits per heavy atom. The van der Waals surface area contributed by atoms with Crippen molar-refractivity contribution in [2.75, 3.05) is 24.5 Å². The van der Waals surface area contributed by atoms with Gasteiger partial charge in [0, 0.05) is 25.3 Å². The third-order valence-electron chi connectivity index (χ3n) is 5.75. The zero-order valence-corrected chi connectivity index (χ0v) is 16.4. The van der Waals surface area contributed by atoms with Gasteiger partial charge in [-0.2, -0.15) is 0 Å². The minimum atomic E-state index is -4.77. The van der Waals surface area contributed by atoms with Gasteiger partial charge in [0.25, 0.3) is 0 Å². The number of hydrogen-bond acceptors (Lipinski definition) is 3. The monoisotopic (exact) mass is 436 g/mol. The molecule has 0 spiro atoms. The highest BCUT2D eigenvalue weighted by atomic mass is 19.4. The molecule has 4 rings (SSSR count). The van der Waals surface area contributed by atoms with Crippen LogP contribution in [0, 0.1) is 17.7 Å². The Morgan fingerprint density at radius 3 is 2.35 bits per heavy atom. The van der Waals surface area contributed by atoms with Crippen molar-refractivity contribution in [1.29, 1.82) is 0 Å². The van der Waals surface area contributed by atoms with Crippen LogP contribution in [0.2, 0.25) is 0 Å². The summed E-state index contributed by atoms with van der Waals surface area (Å²) in [6.07, 6.45) is -3.95. The van der Waals surface area contributed by atoms with E-state index in [4.69, 9.17) is 0 Å². The Labute approximate surface area is 176 Å². The van der Waals surface area contributed by atoms with E-state index >= 15 is 0 Å². The predicted octanol–water partition coefficient (Wildman–Crippen LogP) is 3.78. The standard InChI is InChI=1S/C22H20F4N2O3/c23-16-3-1-14(2-4-16)11-20(29)27-12-15-9-10-28(21(30)19(15)13-27)17-5-7-18(8-6-17)31-22(24,25)26/h1-8,15,19H,9-13H2/t15-,19+/m0/s1. The molecule has 2 amide bonds. The molecular weight excluding hydrogens is 416 g/mol.